The van der Waals surface area contributed by atoms with Crippen molar-refractivity contribution >= 4 is 69.6 Å². The molecule has 5 rings (SSSR count). The lowest BCUT2D eigenvalue weighted by Crippen LogP contribution is -2.29. The molecule has 10 atom stereocenters. The van der Waals surface area contributed by atoms with E-state index in [9.17, 15) is 57.1 Å². The molecule has 40 heteroatoms. The van der Waals surface area contributed by atoms with Crippen molar-refractivity contribution < 1.29 is 113 Å². The van der Waals surface area contributed by atoms with E-state index in [1.165, 1.54) is 17.1 Å². The van der Waals surface area contributed by atoms with Gasteiger partial charge in [0.15, 0.2) is 0 Å². The van der Waals surface area contributed by atoms with Gasteiger partial charge < -0.3 is 86.3 Å². The lowest BCUT2D eigenvalue weighted by atomic mass is 10.2. The number of rotatable bonds is 16. The molecule has 2 saturated heterocycles. The lowest BCUT2D eigenvalue weighted by molar-refractivity contribution is -0.0449. The number of hydrogen-bond acceptors (Lipinski definition) is 24. The highest BCUT2D eigenvalue weighted by Crippen LogP contribution is 2.67. The van der Waals surface area contributed by atoms with Crippen LogP contribution >= 0.6 is 46.9 Å². The summed E-state index contributed by atoms with van der Waals surface area (Å²) in [5.74, 6) is 10.6. The molecule has 3 aromatic heterocycles. The summed E-state index contributed by atoms with van der Waals surface area (Å²) in [7, 11) is -33.2. The molecule has 5 heterocycles. The molecule has 3 aromatic rings. The van der Waals surface area contributed by atoms with E-state index in [0.717, 1.165) is 4.57 Å². The molecule has 34 nitrogen and oxygen atoms in total. The molecule has 0 spiro atoms. The minimum atomic E-state index is -5.69. The van der Waals surface area contributed by atoms with E-state index in [1.807, 2.05) is 0 Å². The Morgan fingerprint density at radius 3 is 1.55 bits per heavy atom. The number of nitrogen functional groups attached to an aromatic ring is 2. The van der Waals surface area contributed by atoms with Gasteiger partial charge in [0, 0.05) is 25.2 Å². The molecule has 0 bridgehead atoms. The average Bonchev–Trinajstić information content (AvgIpc) is 3.83. The Hall–Kier alpha value is -3.20. The van der Waals surface area contributed by atoms with Crippen molar-refractivity contribution in [1.29, 1.82) is 0 Å². The lowest BCUT2D eigenvalue weighted by Gasteiger charge is -2.19. The molecular formula is C26H39N9O25P6. The fourth-order valence-electron chi connectivity index (χ4n) is 5.51. The number of nitrogens with zero attached hydrogens (tertiary/aromatic N) is 5. The van der Waals surface area contributed by atoms with Gasteiger partial charge in [-0.05, 0) is 0 Å². The third kappa shape index (κ3) is 16.5. The Balaban J connectivity index is 0.000000289. The molecule has 66 heavy (non-hydrogen) atoms. The zero-order valence-corrected chi connectivity index (χ0v) is 38.1. The number of phosphoric acid groups is 6. The smallest absolute Gasteiger partial charge is 0.390 e. The van der Waals surface area contributed by atoms with Crippen molar-refractivity contribution in [1.82, 2.24) is 24.1 Å². The first-order valence-electron chi connectivity index (χ1n) is 17.4. The van der Waals surface area contributed by atoms with Crippen LogP contribution in [-0.2, 0) is 63.2 Å². The molecule has 368 valence electrons. The zero-order chi connectivity index (χ0) is 49.6. The summed E-state index contributed by atoms with van der Waals surface area (Å²) in [5.41, 5.74) is 22.3. The standard InChI is InChI=1S/C14H20N5O12P3.C12H19N4O13P3/c15-3-1-2-8-5-19(14-12(8)13(16)17-7-18-14)11-4-9(20)10(29-11)6-28-33(24,25)31-34(26,27)30-32(21,22)23;13-3-1-2-7-5-16(12(18)15-11(7)14)10-4-8(17)9(27-10)6-26-31(22,23)29-32(24,25)28-30(19,20)21/h5,7,9-11,20H,3-4,6,15H2,(H,24,25)(H,26,27)(H2,16,17,18)(H2,21,22,23);5,8-10,17H,3-4,6,13H2,(H,22,23)(H,24,25)(H2,14,15,18)(H2,19,20,21)/t9-,10-,11-;8-,9-,10-/m11/s1. The fraction of sp³-hybridized carbons (Fsp3) is 0.462. The predicted octanol–water partition coefficient (Wildman–Crippen LogP) is -2.56. The van der Waals surface area contributed by atoms with Gasteiger partial charge >= 0.3 is 52.6 Å². The van der Waals surface area contributed by atoms with E-state index in [1.54, 1.807) is 6.20 Å². The average molecular weight is 1060 g/mol. The molecule has 0 aromatic carbocycles. The molecule has 2 aliphatic rings. The number of fused-ring (bicyclic) bond motifs is 1. The van der Waals surface area contributed by atoms with Crippen molar-refractivity contribution in [2.45, 2.75) is 49.7 Å². The van der Waals surface area contributed by atoms with Gasteiger partial charge in [-0.3, -0.25) is 13.6 Å². The van der Waals surface area contributed by atoms with Gasteiger partial charge in [0.25, 0.3) is 0 Å². The zero-order valence-electron chi connectivity index (χ0n) is 32.8. The van der Waals surface area contributed by atoms with E-state index in [-0.39, 0.29) is 43.1 Å². The minimum Gasteiger partial charge on any atom is -0.390 e. The summed E-state index contributed by atoms with van der Waals surface area (Å²) in [6.07, 6.45) is -3.31. The van der Waals surface area contributed by atoms with Crippen LogP contribution in [0, 0.1) is 23.7 Å². The summed E-state index contributed by atoms with van der Waals surface area (Å²) >= 11 is 0. The number of ether oxygens (including phenoxy) is 2. The van der Waals surface area contributed by atoms with Gasteiger partial charge in [0.2, 0.25) is 0 Å². The molecule has 0 radical (unpaired) electrons. The number of aliphatic hydroxyl groups is 2. The van der Waals surface area contributed by atoms with Crippen LogP contribution in [0.1, 0.15) is 36.4 Å². The van der Waals surface area contributed by atoms with Gasteiger partial charge in [0.1, 0.15) is 48.3 Å². The van der Waals surface area contributed by atoms with Crippen LogP contribution < -0.4 is 28.6 Å². The van der Waals surface area contributed by atoms with Crippen molar-refractivity contribution in [2.24, 2.45) is 11.5 Å². The van der Waals surface area contributed by atoms with Crippen molar-refractivity contribution in [2.75, 3.05) is 37.8 Å². The molecule has 2 aliphatic heterocycles. The molecule has 18 N–H and O–H groups in total. The van der Waals surface area contributed by atoms with Crippen molar-refractivity contribution in [3.05, 3.63) is 40.3 Å². The Bertz CT molecular complexity index is 2740. The first-order valence-corrected chi connectivity index (χ1v) is 26.5. The third-order valence-electron chi connectivity index (χ3n) is 7.93. The molecule has 0 saturated carbocycles. The number of aliphatic hydroxyl groups excluding tert-OH is 2. The maximum absolute atomic E-state index is 12.1. The van der Waals surface area contributed by atoms with Gasteiger partial charge in [-0.15, -0.1) is 0 Å². The van der Waals surface area contributed by atoms with Crippen LogP contribution in [-0.4, -0.2) is 124 Å². The van der Waals surface area contributed by atoms with Crippen LogP contribution in [0.2, 0.25) is 0 Å². The predicted molar refractivity (Wildman–Crippen MR) is 215 cm³/mol. The second kappa shape index (κ2) is 22.0. The largest absolute Gasteiger partial charge is 0.490 e. The van der Waals surface area contributed by atoms with Crippen LogP contribution in [0.25, 0.3) is 11.0 Å². The summed E-state index contributed by atoms with van der Waals surface area (Å²) < 4.78 is 105. The topological polar surface area (TPSA) is 548 Å². The van der Waals surface area contributed by atoms with Crippen LogP contribution in [0.15, 0.2) is 23.5 Å². The highest BCUT2D eigenvalue weighted by Gasteiger charge is 2.45. The maximum Gasteiger partial charge on any atom is 0.490 e. The van der Waals surface area contributed by atoms with Gasteiger partial charge in [-0.1, -0.05) is 23.7 Å². The maximum atomic E-state index is 12.1. The number of aromatic nitrogens is 5. The van der Waals surface area contributed by atoms with E-state index in [2.05, 4.69) is 64.9 Å². The Labute approximate surface area is 368 Å². The quantitative estimate of drug-likeness (QED) is 0.0518. The summed E-state index contributed by atoms with van der Waals surface area (Å²) in [6.45, 7) is -1.60. The first kappa shape index (κ1) is 55.4. The molecule has 4 unspecified atom stereocenters. The molecule has 0 amide bonds. The number of hydrogen-bond donors (Lipinski definition) is 14. The summed E-state index contributed by atoms with van der Waals surface area (Å²) in [5, 5.41) is 20.8. The molecule has 2 fully saturated rings. The van der Waals surface area contributed by atoms with Crippen molar-refractivity contribution in [3.8, 4) is 23.7 Å². The second-order valence-corrected chi connectivity index (χ2v) is 21.6. The highest BCUT2D eigenvalue weighted by atomic mass is 31.3. The van der Waals surface area contributed by atoms with E-state index in [4.69, 9.17) is 56.9 Å². The monoisotopic (exact) mass is 1060 g/mol. The van der Waals surface area contributed by atoms with Gasteiger partial charge in [-0.25, -0.2) is 42.2 Å². The molecule has 0 aliphatic carbocycles. The van der Waals surface area contributed by atoms with E-state index < -0.39 is 103 Å². The highest BCUT2D eigenvalue weighted by molar-refractivity contribution is 7.67. The molecular weight excluding hydrogens is 1020 g/mol. The normalized spacial score (nSPS) is 24.6. The van der Waals surface area contributed by atoms with Crippen LogP contribution in [0.4, 0.5) is 11.6 Å². The fourth-order valence-corrected chi connectivity index (χ4v) is 11.6. The van der Waals surface area contributed by atoms with Gasteiger partial charge in [-0.2, -0.15) is 22.2 Å². The van der Waals surface area contributed by atoms with E-state index in [0.29, 0.717) is 16.6 Å². The summed E-state index contributed by atoms with van der Waals surface area (Å²) in [6, 6.07) is 0. The van der Waals surface area contributed by atoms with Crippen LogP contribution in [0.3, 0.4) is 0 Å². The number of anilines is 2. The van der Waals surface area contributed by atoms with Crippen LogP contribution in [0.5, 0.6) is 0 Å². The summed E-state index contributed by atoms with van der Waals surface area (Å²) in [4.78, 5) is 95.2. The SMILES string of the molecule is NCC#Cc1cn([C@H]2C[C@@H](O)[C@@H](COP(=O)(O)OP(=O)(O)OP(=O)(O)O)O2)c(=O)nc1N.NCC#Cc1cn([C@H]2C[C@@H](O)[C@@H](COP(=O)(O)OP(=O)(O)OP(=O)(O)O)O2)c2ncnc(N)c12. The Morgan fingerprint density at radius 2 is 1.09 bits per heavy atom. The first-order chi connectivity index (χ1) is 30.3. The van der Waals surface area contributed by atoms with Gasteiger partial charge in [0.05, 0.1) is 55.0 Å². The number of nitrogens with two attached hydrogens (primary N) is 4. The van der Waals surface area contributed by atoms with E-state index >= 15 is 0 Å². The minimum absolute atomic E-state index is 0.0138. The Kier molecular flexibility index (Phi) is 18.5. The number of phosphoric ester groups is 2. The Morgan fingerprint density at radius 1 is 0.652 bits per heavy atom. The second-order valence-electron chi connectivity index (χ2n) is 12.8. The van der Waals surface area contributed by atoms with Crippen molar-refractivity contribution in [3.63, 3.8) is 0 Å². The third-order valence-corrected chi connectivity index (χ3v) is 15.5.